The van der Waals surface area contributed by atoms with E-state index in [1.165, 1.54) is 12.3 Å². The Hall–Kier alpha value is -5.29. The van der Waals surface area contributed by atoms with Crippen LogP contribution in [0.2, 0.25) is 0 Å². The number of para-hydroxylation sites is 1. The Balaban J connectivity index is 1.33. The van der Waals surface area contributed by atoms with Crippen LogP contribution in [0, 0.1) is 32.1 Å². The summed E-state index contributed by atoms with van der Waals surface area (Å²) in [6, 6.07) is 22.4. The molecule has 0 fully saturated rings. The Labute approximate surface area is 244 Å². The Morgan fingerprint density at radius 1 is 1.00 bits per heavy atom. The standard InChI is InChI=1S/C34H31N5O3/c1-21-9-15-29(23(3)28(21)20-42-31-8-6-7-24-11-10-22(2)37-33(24)31)39(5)32(40)17-27-14-16-30(38(27)4)34(41)25-12-13-26(18-35)36-19-25/h6-16,19H,17,20H2,1-5H3. The van der Waals surface area contributed by atoms with Gasteiger partial charge < -0.3 is 14.2 Å². The van der Waals surface area contributed by atoms with Crippen LogP contribution in [0.25, 0.3) is 10.9 Å². The lowest BCUT2D eigenvalue weighted by Crippen LogP contribution is -2.29. The average molecular weight is 558 g/mol. The number of amides is 1. The third kappa shape index (κ3) is 5.50. The summed E-state index contributed by atoms with van der Waals surface area (Å²) >= 11 is 0. The van der Waals surface area contributed by atoms with E-state index in [1.807, 2.05) is 69.3 Å². The second-order valence-electron chi connectivity index (χ2n) is 10.3. The molecule has 2 aromatic carbocycles. The van der Waals surface area contributed by atoms with Crippen molar-refractivity contribution in [3.8, 4) is 11.8 Å². The zero-order valence-corrected chi connectivity index (χ0v) is 24.3. The molecule has 3 aromatic heterocycles. The minimum absolute atomic E-state index is 0.109. The van der Waals surface area contributed by atoms with Crippen LogP contribution in [0.5, 0.6) is 5.75 Å². The molecule has 1 amide bonds. The van der Waals surface area contributed by atoms with E-state index in [1.54, 1.807) is 41.8 Å². The monoisotopic (exact) mass is 557 g/mol. The summed E-state index contributed by atoms with van der Waals surface area (Å²) < 4.78 is 8.01. The summed E-state index contributed by atoms with van der Waals surface area (Å²) in [4.78, 5) is 36.8. The van der Waals surface area contributed by atoms with E-state index < -0.39 is 0 Å². The van der Waals surface area contributed by atoms with Crippen LogP contribution >= 0.6 is 0 Å². The zero-order valence-electron chi connectivity index (χ0n) is 24.3. The Morgan fingerprint density at radius 2 is 1.81 bits per heavy atom. The van der Waals surface area contributed by atoms with Gasteiger partial charge in [-0.3, -0.25) is 9.59 Å². The highest BCUT2D eigenvalue weighted by Gasteiger charge is 2.21. The molecular weight excluding hydrogens is 526 g/mol. The van der Waals surface area contributed by atoms with E-state index in [4.69, 9.17) is 10.00 Å². The highest BCUT2D eigenvalue weighted by Crippen LogP contribution is 2.29. The molecule has 0 atom stereocenters. The highest BCUT2D eigenvalue weighted by atomic mass is 16.5. The van der Waals surface area contributed by atoms with Crippen LogP contribution in [-0.2, 0) is 24.9 Å². The fourth-order valence-corrected chi connectivity index (χ4v) is 5.06. The van der Waals surface area contributed by atoms with Gasteiger partial charge in [0, 0.05) is 48.3 Å². The number of ether oxygens (including phenoxy) is 1. The summed E-state index contributed by atoms with van der Waals surface area (Å²) in [5.41, 5.74) is 7.38. The zero-order chi connectivity index (χ0) is 30.0. The van der Waals surface area contributed by atoms with Crippen LogP contribution in [0.1, 0.15) is 49.8 Å². The van der Waals surface area contributed by atoms with Crippen LogP contribution in [-0.4, -0.2) is 33.3 Å². The van der Waals surface area contributed by atoms with Crippen molar-refractivity contribution in [1.29, 1.82) is 5.26 Å². The molecule has 0 radical (unpaired) electrons. The number of rotatable bonds is 8. The third-order valence-corrected chi connectivity index (χ3v) is 7.66. The molecule has 8 nitrogen and oxygen atoms in total. The topological polar surface area (TPSA) is 101 Å². The van der Waals surface area contributed by atoms with Crippen molar-refractivity contribution in [2.75, 3.05) is 11.9 Å². The summed E-state index contributed by atoms with van der Waals surface area (Å²) in [5.74, 6) is 0.385. The molecule has 42 heavy (non-hydrogen) atoms. The van der Waals surface area contributed by atoms with Gasteiger partial charge in [0.1, 0.15) is 29.6 Å². The number of benzene rings is 2. The second-order valence-corrected chi connectivity index (χ2v) is 10.3. The maximum atomic E-state index is 13.4. The lowest BCUT2D eigenvalue weighted by atomic mass is 10.0. The van der Waals surface area contributed by atoms with Gasteiger partial charge in [-0.2, -0.15) is 5.26 Å². The van der Waals surface area contributed by atoms with Crippen molar-refractivity contribution in [2.45, 2.75) is 33.8 Å². The molecule has 5 aromatic rings. The maximum absolute atomic E-state index is 13.4. The molecule has 0 aliphatic heterocycles. The van der Waals surface area contributed by atoms with Crippen molar-refractivity contribution in [2.24, 2.45) is 7.05 Å². The highest BCUT2D eigenvalue weighted by molar-refractivity contribution is 6.08. The number of pyridine rings is 2. The maximum Gasteiger partial charge on any atom is 0.232 e. The first kappa shape index (κ1) is 28.2. The van der Waals surface area contributed by atoms with Crippen molar-refractivity contribution in [1.82, 2.24) is 14.5 Å². The quantitative estimate of drug-likeness (QED) is 0.224. The van der Waals surface area contributed by atoms with Gasteiger partial charge in [-0.05, 0) is 79.9 Å². The minimum atomic E-state index is -0.225. The number of aryl methyl sites for hydroxylation is 2. The number of carbonyl (C=O) groups is 2. The van der Waals surface area contributed by atoms with E-state index in [2.05, 4.69) is 9.97 Å². The number of nitrogens with zero attached hydrogens (tertiary/aromatic N) is 5. The van der Waals surface area contributed by atoms with Crippen LogP contribution in [0.3, 0.4) is 0 Å². The molecule has 0 saturated carbocycles. The van der Waals surface area contributed by atoms with Gasteiger partial charge in [0.15, 0.2) is 0 Å². The fraction of sp³-hybridized carbons (Fsp3) is 0.206. The van der Waals surface area contributed by atoms with Crippen molar-refractivity contribution >= 4 is 28.3 Å². The smallest absolute Gasteiger partial charge is 0.232 e. The SMILES string of the molecule is Cc1ccc2cccc(OCc3c(C)ccc(N(C)C(=O)Cc4ccc(C(=O)c5ccc(C#N)nc5)n4C)c3C)c2n1. The lowest BCUT2D eigenvalue weighted by Gasteiger charge is -2.23. The Bertz CT molecular complexity index is 1870. The molecule has 0 aliphatic rings. The molecule has 0 saturated heterocycles. The molecule has 0 unspecified atom stereocenters. The number of aromatic nitrogens is 3. The fourth-order valence-electron chi connectivity index (χ4n) is 5.06. The van der Waals surface area contributed by atoms with Crippen molar-refractivity contribution in [3.63, 3.8) is 0 Å². The van der Waals surface area contributed by atoms with E-state index >= 15 is 0 Å². The molecule has 3 heterocycles. The summed E-state index contributed by atoms with van der Waals surface area (Å²) in [6.07, 6.45) is 1.51. The summed E-state index contributed by atoms with van der Waals surface area (Å²) in [5, 5.41) is 9.98. The van der Waals surface area contributed by atoms with E-state index in [-0.39, 0.29) is 23.8 Å². The predicted octanol–water partition coefficient (Wildman–Crippen LogP) is 5.78. The molecule has 8 heteroatoms. The summed E-state index contributed by atoms with van der Waals surface area (Å²) in [6.45, 7) is 6.34. The summed E-state index contributed by atoms with van der Waals surface area (Å²) in [7, 11) is 3.53. The van der Waals surface area contributed by atoms with Crippen LogP contribution in [0.15, 0.2) is 72.9 Å². The average Bonchev–Trinajstić information content (AvgIpc) is 3.35. The van der Waals surface area contributed by atoms with Gasteiger partial charge in [-0.25, -0.2) is 9.97 Å². The number of likely N-dealkylation sites (N-methyl/N-ethyl adjacent to an activating group) is 1. The third-order valence-electron chi connectivity index (χ3n) is 7.66. The van der Waals surface area contributed by atoms with Gasteiger partial charge in [-0.1, -0.05) is 24.3 Å². The molecule has 0 N–H and O–H groups in total. The van der Waals surface area contributed by atoms with Gasteiger partial charge in [-0.15, -0.1) is 0 Å². The molecule has 210 valence electrons. The van der Waals surface area contributed by atoms with Crippen LogP contribution < -0.4 is 9.64 Å². The number of ketones is 1. The van der Waals surface area contributed by atoms with E-state index in [0.29, 0.717) is 23.6 Å². The lowest BCUT2D eigenvalue weighted by molar-refractivity contribution is -0.117. The molecule has 0 aliphatic carbocycles. The second kappa shape index (κ2) is 11.7. The predicted molar refractivity (Wildman–Crippen MR) is 162 cm³/mol. The first-order valence-electron chi connectivity index (χ1n) is 13.6. The normalized spacial score (nSPS) is 10.9. The molecule has 5 rings (SSSR count). The van der Waals surface area contributed by atoms with Gasteiger partial charge in [0.05, 0.1) is 12.1 Å². The molecule has 0 bridgehead atoms. The number of carbonyl (C=O) groups excluding carboxylic acids is 2. The Morgan fingerprint density at radius 3 is 2.55 bits per heavy atom. The molecule has 0 spiro atoms. The molecular formula is C34H31N5O3. The van der Waals surface area contributed by atoms with Crippen LogP contribution in [0.4, 0.5) is 5.69 Å². The number of hydrogen-bond donors (Lipinski definition) is 0. The van der Waals surface area contributed by atoms with Crippen molar-refractivity contribution < 1.29 is 14.3 Å². The Kier molecular flexibility index (Phi) is 7.85. The first-order valence-corrected chi connectivity index (χ1v) is 13.6. The number of hydrogen-bond acceptors (Lipinski definition) is 6. The van der Waals surface area contributed by atoms with Gasteiger partial charge >= 0.3 is 0 Å². The number of nitriles is 1. The first-order chi connectivity index (χ1) is 20.2. The van der Waals surface area contributed by atoms with Gasteiger partial charge in [0.25, 0.3) is 0 Å². The minimum Gasteiger partial charge on any atom is -0.487 e. The van der Waals surface area contributed by atoms with E-state index in [9.17, 15) is 9.59 Å². The van der Waals surface area contributed by atoms with E-state index in [0.717, 1.165) is 44.7 Å². The number of fused-ring (bicyclic) bond motifs is 1. The van der Waals surface area contributed by atoms with Gasteiger partial charge in [0.2, 0.25) is 11.7 Å². The largest absolute Gasteiger partial charge is 0.487 e. The number of anilines is 1. The van der Waals surface area contributed by atoms with Crippen molar-refractivity contribution in [3.05, 3.63) is 118 Å².